The molecule has 0 saturated carbocycles. The summed E-state index contributed by atoms with van der Waals surface area (Å²) in [6.45, 7) is 7.78. The molecule has 2 rings (SSSR count). The van der Waals surface area contributed by atoms with Gasteiger partial charge in [0.1, 0.15) is 12.2 Å². The maximum Gasteiger partial charge on any atom is 0.342 e. The fraction of sp³-hybridized carbons (Fsp3) is 0.312. The van der Waals surface area contributed by atoms with Crippen LogP contribution in [0.15, 0.2) is 18.9 Å². The summed E-state index contributed by atoms with van der Waals surface area (Å²) in [6, 6.07) is 0. The van der Waals surface area contributed by atoms with E-state index in [9.17, 15) is 4.79 Å². The minimum Gasteiger partial charge on any atom is -0.458 e. The van der Waals surface area contributed by atoms with Gasteiger partial charge in [-0.15, -0.1) is 11.8 Å². The molecule has 0 aliphatic rings. The molecule has 0 aliphatic carbocycles. The van der Waals surface area contributed by atoms with Gasteiger partial charge in [-0.2, -0.15) is 5.10 Å². The van der Waals surface area contributed by atoms with Crippen molar-refractivity contribution < 1.29 is 9.53 Å². The van der Waals surface area contributed by atoms with Crippen molar-refractivity contribution in [1.29, 1.82) is 0 Å². The number of hydrogen-bond donors (Lipinski definition) is 1. The maximum atomic E-state index is 12.1. The first-order valence-corrected chi connectivity index (χ1v) is 6.89. The van der Waals surface area contributed by atoms with E-state index >= 15 is 0 Å². The highest BCUT2D eigenvalue weighted by Crippen LogP contribution is 2.26. The molecule has 0 saturated heterocycles. The Balaban J connectivity index is 2.43. The van der Waals surface area contributed by atoms with Crippen LogP contribution in [0.2, 0.25) is 0 Å². The molecule has 6 nitrogen and oxygen atoms in total. The van der Waals surface area contributed by atoms with Crippen molar-refractivity contribution in [2.24, 2.45) is 0 Å². The van der Waals surface area contributed by atoms with Gasteiger partial charge in [-0.3, -0.25) is 0 Å². The van der Waals surface area contributed by atoms with Crippen LogP contribution in [0.4, 0.5) is 5.69 Å². The minimum absolute atomic E-state index is 0.130. The Morgan fingerprint density at radius 3 is 3.05 bits per heavy atom. The van der Waals surface area contributed by atoms with Gasteiger partial charge in [0.25, 0.3) is 0 Å². The number of carbonyl (C=O) groups excluding carboxylic acids is 1. The SMILES string of the molecule is C=CCOC(=O)c1c(C)nc2c(cnn2CCC#CC)c1N. The van der Waals surface area contributed by atoms with Gasteiger partial charge in [-0.05, 0) is 13.8 Å². The Labute approximate surface area is 129 Å². The normalized spacial score (nSPS) is 10.1. The van der Waals surface area contributed by atoms with Gasteiger partial charge in [0.15, 0.2) is 5.65 Å². The molecule has 6 heteroatoms. The lowest BCUT2D eigenvalue weighted by Gasteiger charge is -2.09. The summed E-state index contributed by atoms with van der Waals surface area (Å²) in [4.78, 5) is 16.5. The van der Waals surface area contributed by atoms with Gasteiger partial charge >= 0.3 is 5.97 Å². The molecule has 0 fully saturated rings. The second kappa shape index (κ2) is 6.76. The minimum atomic E-state index is -0.506. The second-order valence-corrected chi connectivity index (χ2v) is 4.65. The summed E-state index contributed by atoms with van der Waals surface area (Å²) in [5.41, 5.74) is 7.89. The van der Waals surface area contributed by atoms with Crippen LogP contribution >= 0.6 is 0 Å². The average Bonchev–Trinajstić information content (AvgIpc) is 2.88. The van der Waals surface area contributed by atoms with E-state index in [0.29, 0.717) is 35.4 Å². The summed E-state index contributed by atoms with van der Waals surface area (Å²) in [6.07, 6.45) is 3.79. The molecule has 0 aliphatic heterocycles. The topological polar surface area (TPSA) is 83.0 Å². The van der Waals surface area contributed by atoms with Crippen molar-refractivity contribution in [3.63, 3.8) is 0 Å². The summed E-state index contributed by atoms with van der Waals surface area (Å²) in [5, 5.41) is 4.91. The number of pyridine rings is 1. The Kier molecular flexibility index (Phi) is 4.79. The highest BCUT2D eigenvalue weighted by molar-refractivity contribution is 6.04. The van der Waals surface area contributed by atoms with Crippen molar-refractivity contribution in [3.8, 4) is 11.8 Å². The van der Waals surface area contributed by atoms with Crippen LogP contribution in [0.3, 0.4) is 0 Å². The first kappa shape index (κ1) is 15.6. The van der Waals surface area contributed by atoms with Gasteiger partial charge in [0.05, 0.1) is 29.5 Å². The second-order valence-electron chi connectivity index (χ2n) is 4.65. The number of ether oxygens (including phenoxy) is 1. The predicted octanol–water partition coefficient (Wildman–Crippen LogP) is 2.08. The molecule has 0 unspecified atom stereocenters. The summed E-state index contributed by atoms with van der Waals surface area (Å²) in [5.74, 6) is 5.31. The van der Waals surface area contributed by atoms with Crippen molar-refractivity contribution >= 4 is 22.7 Å². The molecule has 0 atom stereocenters. The van der Waals surface area contributed by atoms with Crippen LogP contribution < -0.4 is 5.73 Å². The smallest absolute Gasteiger partial charge is 0.342 e. The molecule has 0 radical (unpaired) electrons. The Bertz CT molecular complexity index is 781. The molecule has 2 aromatic rings. The summed E-state index contributed by atoms with van der Waals surface area (Å²) < 4.78 is 6.79. The molecule has 0 spiro atoms. The number of hydrogen-bond acceptors (Lipinski definition) is 5. The van der Waals surface area contributed by atoms with E-state index in [1.807, 2.05) is 0 Å². The monoisotopic (exact) mass is 298 g/mol. The zero-order valence-electron chi connectivity index (χ0n) is 12.7. The zero-order chi connectivity index (χ0) is 16.1. The third kappa shape index (κ3) is 2.93. The van der Waals surface area contributed by atoms with Crippen LogP contribution in [0.5, 0.6) is 0 Å². The standard InChI is InChI=1S/C16H18N4O2/c1-4-6-7-8-20-15-12(10-18-20)14(17)13(11(3)19-15)16(21)22-9-5-2/h5,10H,2,7-9H2,1,3H3,(H2,17,19). The fourth-order valence-corrected chi connectivity index (χ4v) is 2.15. The van der Waals surface area contributed by atoms with Crippen molar-refractivity contribution in [2.45, 2.75) is 26.8 Å². The van der Waals surface area contributed by atoms with Crippen molar-refractivity contribution in [1.82, 2.24) is 14.8 Å². The highest BCUT2D eigenvalue weighted by atomic mass is 16.5. The van der Waals surface area contributed by atoms with E-state index in [1.165, 1.54) is 6.08 Å². The van der Waals surface area contributed by atoms with Gasteiger partial charge in [0.2, 0.25) is 0 Å². The van der Waals surface area contributed by atoms with Gasteiger partial charge in [-0.25, -0.2) is 14.5 Å². The number of nitrogens with zero attached hydrogens (tertiary/aromatic N) is 3. The molecule has 0 bridgehead atoms. The van der Waals surface area contributed by atoms with E-state index in [2.05, 4.69) is 28.5 Å². The van der Waals surface area contributed by atoms with Gasteiger partial charge in [0, 0.05) is 6.42 Å². The van der Waals surface area contributed by atoms with E-state index in [-0.39, 0.29) is 12.2 Å². The molecule has 2 heterocycles. The largest absolute Gasteiger partial charge is 0.458 e. The lowest BCUT2D eigenvalue weighted by atomic mass is 10.1. The predicted molar refractivity (Wildman–Crippen MR) is 85.2 cm³/mol. The van der Waals surface area contributed by atoms with Crippen LogP contribution in [-0.2, 0) is 11.3 Å². The van der Waals surface area contributed by atoms with Crippen LogP contribution in [0.25, 0.3) is 11.0 Å². The number of aryl methyl sites for hydroxylation is 2. The fourth-order valence-electron chi connectivity index (χ4n) is 2.15. The number of carbonyl (C=O) groups is 1. The molecule has 0 aromatic carbocycles. The zero-order valence-corrected chi connectivity index (χ0v) is 12.7. The average molecular weight is 298 g/mol. The molecule has 2 N–H and O–H groups in total. The molecule has 2 aromatic heterocycles. The molecule has 0 amide bonds. The maximum absolute atomic E-state index is 12.1. The first-order valence-electron chi connectivity index (χ1n) is 6.89. The molecular formula is C16H18N4O2. The Hall–Kier alpha value is -2.81. The quantitative estimate of drug-likeness (QED) is 0.519. The summed E-state index contributed by atoms with van der Waals surface area (Å²) in [7, 11) is 0. The van der Waals surface area contributed by atoms with Crippen LogP contribution in [0, 0.1) is 18.8 Å². The lowest BCUT2D eigenvalue weighted by Crippen LogP contribution is -2.12. The summed E-state index contributed by atoms with van der Waals surface area (Å²) >= 11 is 0. The number of nitrogen functional groups attached to an aromatic ring is 1. The number of nitrogens with two attached hydrogens (primary N) is 1. The third-order valence-corrected chi connectivity index (χ3v) is 3.17. The van der Waals surface area contributed by atoms with Crippen molar-refractivity contribution in [3.05, 3.63) is 30.1 Å². The van der Waals surface area contributed by atoms with Gasteiger partial charge < -0.3 is 10.5 Å². The highest BCUT2D eigenvalue weighted by Gasteiger charge is 2.20. The number of anilines is 1. The molecule has 22 heavy (non-hydrogen) atoms. The van der Waals surface area contributed by atoms with Crippen LogP contribution in [-0.4, -0.2) is 27.3 Å². The molecular weight excluding hydrogens is 280 g/mol. The van der Waals surface area contributed by atoms with Crippen molar-refractivity contribution in [2.75, 3.05) is 12.3 Å². The van der Waals surface area contributed by atoms with E-state index in [4.69, 9.17) is 10.5 Å². The van der Waals surface area contributed by atoms with E-state index in [1.54, 1.807) is 24.7 Å². The Morgan fingerprint density at radius 1 is 1.59 bits per heavy atom. The van der Waals surface area contributed by atoms with Gasteiger partial charge in [-0.1, -0.05) is 12.7 Å². The van der Waals surface area contributed by atoms with E-state index < -0.39 is 5.97 Å². The molecule has 114 valence electrons. The number of esters is 1. The number of rotatable bonds is 5. The number of aromatic nitrogens is 3. The number of fused-ring (bicyclic) bond motifs is 1. The van der Waals surface area contributed by atoms with E-state index in [0.717, 1.165) is 0 Å². The first-order chi connectivity index (χ1) is 10.6. The lowest BCUT2D eigenvalue weighted by molar-refractivity contribution is 0.0550. The Morgan fingerprint density at radius 2 is 2.36 bits per heavy atom. The van der Waals surface area contributed by atoms with Crippen LogP contribution in [0.1, 0.15) is 29.4 Å². The third-order valence-electron chi connectivity index (χ3n) is 3.17.